The first-order valence-electron chi connectivity index (χ1n) is 24.6. The molecule has 356 valence electrons. The van der Waals surface area contributed by atoms with Gasteiger partial charge in [0, 0.05) is 66.8 Å². The van der Waals surface area contributed by atoms with Crippen molar-refractivity contribution in [2.75, 3.05) is 4.90 Å². The molecule has 0 fully saturated rings. The van der Waals surface area contributed by atoms with Crippen LogP contribution in [0.25, 0.3) is 61.2 Å². The number of ether oxygens (including phenoxy) is 3. The predicted octanol–water partition coefficient (Wildman–Crippen LogP) is 13.1. The molecule has 3 aromatic heterocycles. The fourth-order valence-electron chi connectivity index (χ4n) is 11.3. The minimum atomic E-state index is -0.0493. The molecule has 9 aromatic carbocycles. The van der Waals surface area contributed by atoms with Crippen molar-refractivity contribution < 1.29 is 39.8 Å². The van der Waals surface area contributed by atoms with Gasteiger partial charge in [0.05, 0.1) is 16.7 Å². The number of aromatic nitrogens is 4. The Hall–Kier alpha value is -8.65. The largest absolute Gasteiger partial charge is 0.510 e. The smallest absolute Gasteiger partial charge is 0.268 e. The zero-order chi connectivity index (χ0) is 48.5. The van der Waals surface area contributed by atoms with E-state index >= 15 is 0 Å². The summed E-state index contributed by atoms with van der Waals surface area (Å²) in [6.07, 6.45) is 5.65. The fraction of sp³-hybridized carbons (Fsp3) is 0.0625. The van der Waals surface area contributed by atoms with Gasteiger partial charge < -0.3 is 28.2 Å². The summed E-state index contributed by atoms with van der Waals surface area (Å²) in [6, 6.07) is 74.5. The summed E-state index contributed by atoms with van der Waals surface area (Å²) in [5.74, 6) is 5.31. The van der Waals surface area contributed by atoms with Crippen LogP contribution >= 0.6 is 0 Å². The van der Waals surface area contributed by atoms with Crippen molar-refractivity contribution in [1.29, 1.82) is 0 Å². The molecule has 0 radical (unpaired) electrons. The number of rotatable bonds is 7. The Balaban J connectivity index is 0.00000505. The molecule has 8 nitrogen and oxygen atoms in total. The van der Waals surface area contributed by atoms with Crippen molar-refractivity contribution in [2.45, 2.75) is 26.2 Å². The fourth-order valence-corrected chi connectivity index (χ4v) is 11.3. The van der Waals surface area contributed by atoms with Crippen molar-refractivity contribution in [2.24, 2.45) is 0 Å². The second-order valence-electron chi connectivity index (χ2n) is 19.9. The van der Waals surface area contributed by atoms with Crippen molar-refractivity contribution in [3.63, 3.8) is 0 Å². The summed E-state index contributed by atoms with van der Waals surface area (Å²) in [7, 11) is 0. The van der Waals surface area contributed by atoms with E-state index in [-0.39, 0.29) is 33.2 Å². The van der Waals surface area contributed by atoms with Gasteiger partial charge in [0.1, 0.15) is 28.8 Å². The maximum atomic E-state index is 6.96. The average Bonchev–Trinajstić information content (AvgIpc) is 3.99. The zero-order valence-corrected chi connectivity index (χ0v) is 42.7. The van der Waals surface area contributed by atoms with Gasteiger partial charge in [-0.25, -0.2) is 4.98 Å². The second kappa shape index (κ2) is 16.7. The van der Waals surface area contributed by atoms with Gasteiger partial charge in [0.2, 0.25) is 0 Å². The minimum absolute atomic E-state index is 0. The topological polar surface area (TPSA) is 57.6 Å². The first-order chi connectivity index (χ1) is 35.8. The van der Waals surface area contributed by atoms with Crippen LogP contribution in [0.15, 0.2) is 200 Å². The normalized spacial score (nSPS) is 12.9. The number of fused-ring (bicyclic) bond motifs is 4. The molecular weight excluding hydrogens is 1090 g/mol. The Labute approximate surface area is 442 Å². The van der Waals surface area contributed by atoms with Crippen LogP contribution in [0.5, 0.6) is 34.5 Å². The summed E-state index contributed by atoms with van der Waals surface area (Å²) in [5, 5.41) is 2.20. The average molecular weight is 1130 g/mol. The molecule has 0 amide bonds. The van der Waals surface area contributed by atoms with Crippen LogP contribution in [-0.2, 0) is 26.5 Å². The maximum absolute atomic E-state index is 6.96. The number of anilines is 3. The van der Waals surface area contributed by atoms with Crippen molar-refractivity contribution >= 4 is 73.0 Å². The number of hydrogen-bond donors (Lipinski definition) is 0. The van der Waals surface area contributed by atoms with Crippen LogP contribution in [-0.4, -0.2) is 20.8 Å². The van der Waals surface area contributed by atoms with E-state index in [0.29, 0.717) is 11.5 Å². The van der Waals surface area contributed by atoms with Gasteiger partial charge in [-0.05, 0) is 117 Å². The Morgan fingerprint density at radius 3 is 2.14 bits per heavy atom. The Morgan fingerprint density at radius 1 is 0.581 bits per heavy atom. The molecule has 0 saturated heterocycles. The minimum Gasteiger partial charge on any atom is -0.510 e. The van der Waals surface area contributed by atoms with E-state index in [4.69, 9.17) is 19.2 Å². The molecule has 0 saturated carbocycles. The zero-order valence-electron chi connectivity index (χ0n) is 40.4. The third kappa shape index (κ3) is 6.73. The molecule has 12 aromatic rings. The van der Waals surface area contributed by atoms with Gasteiger partial charge in [0.15, 0.2) is 0 Å². The number of hydrogen-bond acceptors (Lipinski definition) is 5. The van der Waals surface area contributed by atoms with Crippen molar-refractivity contribution in [3.05, 3.63) is 224 Å². The van der Waals surface area contributed by atoms with Gasteiger partial charge in [-0.3, -0.25) is 4.57 Å². The molecule has 74 heavy (non-hydrogen) atoms. The van der Waals surface area contributed by atoms with Gasteiger partial charge >= 0.3 is 0 Å². The first-order valence-corrected chi connectivity index (χ1v) is 24.6. The molecule has 0 bridgehead atoms. The summed E-state index contributed by atoms with van der Waals surface area (Å²) in [5.41, 5.74) is 15.4. The molecule has 3 aliphatic rings. The quantitative estimate of drug-likeness (QED) is 0.0904. The van der Waals surface area contributed by atoms with Crippen molar-refractivity contribution in [3.8, 4) is 62.8 Å². The Morgan fingerprint density at radius 2 is 1.28 bits per heavy atom. The predicted molar refractivity (Wildman–Crippen MR) is 290 cm³/mol. The number of benzene rings is 9. The van der Waals surface area contributed by atoms with Crippen LogP contribution < -0.4 is 40.1 Å². The third-order valence-electron chi connectivity index (χ3n) is 14.6. The van der Waals surface area contributed by atoms with Gasteiger partial charge in [-0.1, -0.05) is 117 Å². The van der Waals surface area contributed by atoms with Crippen LogP contribution in [0.2, 0.25) is 0 Å². The molecule has 10 heteroatoms. The van der Waals surface area contributed by atoms with Gasteiger partial charge in [-0.15, -0.1) is 29.7 Å². The van der Waals surface area contributed by atoms with E-state index in [0.717, 1.165) is 118 Å². The third-order valence-corrected chi connectivity index (χ3v) is 14.6. The maximum Gasteiger partial charge on any atom is 0.268 e. The Kier molecular flexibility index (Phi) is 9.95. The number of para-hydroxylation sites is 5. The standard InChI is InChI=1S/C64H42BN5O3.Pt/c1-64(2,3)41-32-33-66-60(36-41)70-50-23-10-8-21-47(50)48-31-30-45(38-54(48)70)71-44-19-13-18-43(37-44)67-39-68(52-25-12-11-24-51(52)67)49-22-9-7-20-46(49)40-34-55-62-59(35-40)73-58-29-15-28-57-63(58)65(62)61-53(26-14-27-56(61)72-57)69(55)42-16-5-4-6-17-42;/h4-36H,1-3H3;/q-2;. The molecule has 3 aliphatic heterocycles. The van der Waals surface area contributed by atoms with Crippen LogP contribution in [0, 0.1) is 18.5 Å². The van der Waals surface area contributed by atoms with Crippen LogP contribution in [0.4, 0.5) is 17.1 Å². The molecule has 0 aliphatic carbocycles. The molecule has 0 atom stereocenters. The molecule has 0 spiro atoms. The SMILES string of the molecule is CC(C)(C)c1ccnc(-n2c3[c-]c(Oc4[c-]c(-n5[c-][n+](-c6ccccc6-c6cc7c8c(c6)N(c6ccccc6)c6cccc9c6B8c6c(cccc6O7)O9)c6ccccc65)ccc4)ccc3c3ccccc32)c1.[Pt]. The second-order valence-corrected chi connectivity index (χ2v) is 19.9. The number of pyridine rings is 1. The number of imidazole rings is 1. The van der Waals surface area contributed by atoms with Gasteiger partial charge in [0.25, 0.3) is 13.0 Å². The van der Waals surface area contributed by atoms with Crippen LogP contribution in [0.3, 0.4) is 0 Å². The van der Waals surface area contributed by atoms with Crippen LogP contribution in [0.1, 0.15) is 26.3 Å². The summed E-state index contributed by atoms with van der Waals surface area (Å²) < 4.78 is 26.6. The van der Waals surface area contributed by atoms with E-state index in [9.17, 15) is 0 Å². The molecule has 0 unspecified atom stereocenters. The van der Waals surface area contributed by atoms with E-state index in [1.807, 2.05) is 42.6 Å². The number of nitrogens with zero attached hydrogens (tertiary/aromatic N) is 5. The molecule has 15 rings (SSSR count). The summed E-state index contributed by atoms with van der Waals surface area (Å²) >= 11 is 0. The molecule has 0 N–H and O–H groups in total. The molecular formula is C64H42BN5O3Pt-2. The Bertz CT molecular complexity index is 4270. The molecule has 6 heterocycles. The van der Waals surface area contributed by atoms with E-state index < -0.39 is 0 Å². The van der Waals surface area contributed by atoms with E-state index in [1.165, 1.54) is 5.56 Å². The first kappa shape index (κ1) is 44.1. The van der Waals surface area contributed by atoms with Crippen molar-refractivity contribution in [1.82, 2.24) is 14.1 Å². The summed E-state index contributed by atoms with van der Waals surface area (Å²) in [4.78, 5) is 7.23. The van der Waals surface area contributed by atoms with E-state index in [2.05, 4.69) is 216 Å². The van der Waals surface area contributed by atoms with E-state index in [1.54, 1.807) is 0 Å². The van der Waals surface area contributed by atoms with Gasteiger partial charge in [-0.2, -0.15) is 18.2 Å². The summed E-state index contributed by atoms with van der Waals surface area (Å²) in [6.45, 7) is 6.62. The monoisotopic (exact) mass is 1130 g/mol.